The van der Waals surface area contributed by atoms with Crippen molar-refractivity contribution in [2.45, 2.75) is 103 Å². The maximum absolute atomic E-state index is 14.3. The highest BCUT2D eigenvalue weighted by molar-refractivity contribution is 6.77. The summed E-state index contributed by atoms with van der Waals surface area (Å²) in [6, 6.07) is -1.63. The third kappa shape index (κ3) is 4.11. The van der Waals surface area contributed by atoms with Crippen LogP contribution in [-0.2, 0) is 14.0 Å². The number of β-lactam (4-membered cyclic amide) rings is 1. The minimum Gasteiger partial charge on any atom is -0.446 e. The summed E-state index contributed by atoms with van der Waals surface area (Å²) < 4.78 is 39.7. The molecule has 26 heavy (non-hydrogen) atoms. The fourth-order valence-electron chi connectivity index (χ4n) is 4.16. The van der Waals surface area contributed by atoms with Gasteiger partial charge in [-0.25, -0.2) is 18.5 Å². The highest BCUT2D eigenvalue weighted by atomic mass is 28.4. The van der Waals surface area contributed by atoms with Crippen LogP contribution in [0.4, 0.5) is 13.6 Å². The number of nitrogens with zero attached hydrogens (tertiary/aromatic N) is 1. The first-order valence-corrected chi connectivity index (χ1v) is 11.4. The maximum Gasteiger partial charge on any atom is 0.417 e. The Bertz CT molecular complexity index is 510. The van der Waals surface area contributed by atoms with E-state index in [1.807, 2.05) is 41.5 Å². The third-order valence-electron chi connectivity index (χ3n) is 5.14. The molecule has 152 valence electrons. The second-order valence-corrected chi connectivity index (χ2v) is 13.8. The number of halogens is 2. The lowest BCUT2D eigenvalue weighted by Gasteiger charge is -2.52. The average molecular weight is 394 g/mol. The molecule has 0 aromatic rings. The van der Waals surface area contributed by atoms with Crippen molar-refractivity contribution < 1.29 is 27.5 Å². The zero-order valence-electron chi connectivity index (χ0n) is 17.3. The number of carbonyl (C=O) groups is 2. The van der Waals surface area contributed by atoms with Gasteiger partial charge in [-0.05, 0) is 30.5 Å². The van der Waals surface area contributed by atoms with E-state index in [1.54, 1.807) is 13.8 Å². The second kappa shape index (κ2) is 7.92. The van der Waals surface area contributed by atoms with E-state index in [-0.39, 0.29) is 16.6 Å². The number of hydrogen-bond donors (Lipinski definition) is 0. The SMILES string of the molecule is CC(C)OC(=O)N1C(=O)[C@@H](O[Si](C(C)C)(C(C)C)C(C)C)[C@H]1C(C)(F)F. The van der Waals surface area contributed by atoms with Crippen molar-refractivity contribution in [2.24, 2.45) is 0 Å². The normalized spacial score (nSPS) is 21.8. The first-order valence-electron chi connectivity index (χ1n) is 9.27. The number of hydrogen-bond acceptors (Lipinski definition) is 4. The summed E-state index contributed by atoms with van der Waals surface area (Å²) in [7, 11) is -2.55. The van der Waals surface area contributed by atoms with E-state index in [2.05, 4.69) is 0 Å². The predicted octanol–water partition coefficient (Wildman–Crippen LogP) is 4.96. The second-order valence-electron chi connectivity index (χ2n) is 8.40. The molecule has 0 aliphatic carbocycles. The van der Waals surface area contributed by atoms with Gasteiger partial charge in [0.05, 0.1) is 6.10 Å². The van der Waals surface area contributed by atoms with Gasteiger partial charge in [-0.1, -0.05) is 41.5 Å². The van der Waals surface area contributed by atoms with Gasteiger partial charge in [0.25, 0.3) is 11.8 Å². The molecule has 5 nitrogen and oxygen atoms in total. The van der Waals surface area contributed by atoms with E-state index < -0.39 is 44.5 Å². The van der Waals surface area contributed by atoms with Crippen molar-refractivity contribution in [3.05, 3.63) is 0 Å². The molecule has 0 saturated carbocycles. The maximum atomic E-state index is 14.3. The molecule has 1 aliphatic heterocycles. The van der Waals surface area contributed by atoms with Crippen LogP contribution in [0.1, 0.15) is 62.3 Å². The average Bonchev–Trinajstić information content (AvgIpc) is 2.41. The monoisotopic (exact) mass is 393 g/mol. The molecule has 0 radical (unpaired) electrons. The van der Waals surface area contributed by atoms with E-state index in [9.17, 15) is 18.4 Å². The molecule has 0 N–H and O–H groups in total. The minimum absolute atomic E-state index is 0.137. The van der Waals surface area contributed by atoms with Crippen molar-refractivity contribution in [1.82, 2.24) is 4.90 Å². The van der Waals surface area contributed by atoms with Crippen LogP contribution in [0.3, 0.4) is 0 Å². The van der Waals surface area contributed by atoms with Crippen LogP contribution in [0, 0.1) is 0 Å². The first kappa shape index (κ1) is 23.0. The van der Waals surface area contributed by atoms with Crippen molar-refractivity contribution >= 4 is 20.3 Å². The fraction of sp³-hybridized carbons (Fsp3) is 0.889. The smallest absolute Gasteiger partial charge is 0.417 e. The Morgan fingerprint density at radius 2 is 1.46 bits per heavy atom. The molecule has 2 amide bonds. The van der Waals surface area contributed by atoms with Crippen LogP contribution in [-0.4, -0.2) is 49.4 Å². The van der Waals surface area contributed by atoms with Crippen LogP contribution in [0.2, 0.25) is 16.6 Å². The molecule has 0 unspecified atom stereocenters. The van der Waals surface area contributed by atoms with Gasteiger partial charge in [0.15, 0.2) is 6.10 Å². The van der Waals surface area contributed by atoms with Crippen LogP contribution in [0.15, 0.2) is 0 Å². The molecule has 0 bridgehead atoms. The Labute approximate surface area is 156 Å². The highest BCUT2D eigenvalue weighted by Gasteiger charge is 2.64. The molecule has 1 aliphatic rings. The van der Waals surface area contributed by atoms with E-state index >= 15 is 0 Å². The minimum atomic E-state index is -3.28. The molecule has 0 spiro atoms. The van der Waals surface area contributed by atoms with E-state index in [0.717, 1.165) is 0 Å². The van der Waals surface area contributed by atoms with Crippen molar-refractivity contribution in [2.75, 3.05) is 0 Å². The lowest BCUT2D eigenvalue weighted by molar-refractivity contribution is -0.188. The molecule has 8 heteroatoms. The Morgan fingerprint density at radius 3 is 1.77 bits per heavy atom. The Morgan fingerprint density at radius 1 is 1.04 bits per heavy atom. The van der Waals surface area contributed by atoms with Gasteiger partial charge in [-0.2, -0.15) is 0 Å². The largest absolute Gasteiger partial charge is 0.446 e. The van der Waals surface area contributed by atoms with Crippen molar-refractivity contribution in [3.8, 4) is 0 Å². The summed E-state index contributed by atoms with van der Waals surface area (Å²) in [6.07, 6.45) is -2.85. The molecular formula is C18H33F2NO4Si. The predicted molar refractivity (Wildman–Crippen MR) is 98.8 cm³/mol. The van der Waals surface area contributed by atoms with Crippen molar-refractivity contribution in [3.63, 3.8) is 0 Å². The number of likely N-dealkylation sites (tertiary alicyclic amines) is 1. The molecule has 1 fully saturated rings. The van der Waals surface area contributed by atoms with Gasteiger partial charge in [-0.15, -0.1) is 0 Å². The fourth-order valence-corrected chi connectivity index (χ4v) is 9.65. The van der Waals surface area contributed by atoms with E-state index in [4.69, 9.17) is 9.16 Å². The Balaban J connectivity index is 3.22. The lowest BCUT2D eigenvalue weighted by atomic mass is 9.93. The van der Waals surface area contributed by atoms with E-state index in [1.165, 1.54) is 0 Å². The molecule has 1 saturated heterocycles. The summed E-state index contributed by atoms with van der Waals surface area (Å²) >= 11 is 0. The zero-order valence-corrected chi connectivity index (χ0v) is 18.3. The highest BCUT2D eigenvalue weighted by Crippen LogP contribution is 2.46. The van der Waals surface area contributed by atoms with Crippen LogP contribution >= 0.6 is 0 Å². The molecule has 1 heterocycles. The zero-order chi connectivity index (χ0) is 20.6. The summed E-state index contributed by atoms with van der Waals surface area (Å²) in [5.41, 5.74) is 0.411. The van der Waals surface area contributed by atoms with Crippen molar-refractivity contribution in [1.29, 1.82) is 0 Å². The lowest BCUT2D eigenvalue weighted by Crippen LogP contribution is -2.75. The molecule has 2 atom stereocenters. The molecule has 0 aromatic heterocycles. The number of carbonyl (C=O) groups excluding carboxylic acids is 2. The number of ether oxygens (including phenoxy) is 1. The van der Waals surface area contributed by atoms with Gasteiger partial charge in [0.1, 0.15) is 6.04 Å². The standard InChI is InChI=1S/C18H33F2NO4Si/c1-10(2)24-17(23)21-15(18(9,19)20)14(16(21)22)25-26(11(3)4,12(5)6)13(7)8/h10-15H,1-9H3/t14-,15-/m0/s1. The summed E-state index contributed by atoms with van der Waals surface area (Å²) in [5, 5.41) is 0. The topological polar surface area (TPSA) is 55.8 Å². The summed E-state index contributed by atoms with van der Waals surface area (Å²) in [6.45, 7) is 16.0. The van der Waals surface area contributed by atoms with Gasteiger partial charge in [-0.3, -0.25) is 4.79 Å². The number of rotatable bonds is 7. The Kier molecular flexibility index (Phi) is 7.01. The number of amides is 2. The van der Waals surface area contributed by atoms with Crippen LogP contribution in [0.5, 0.6) is 0 Å². The Hall–Kier alpha value is -1.02. The summed E-state index contributed by atoms with van der Waals surface area (Å²) in [5.74, 6) is -4.01. The summed E-state index contributed by atoms with van der Waals surface area (Å²) in [4.78, 5) is 25.2. The van der Waals surface area contributed by atoms with Gasteiger partial charge >= 0.3 is 6.09 Å². The number of alkyl halides is 2. The molecular weight excluding hydrogens is 360 g/mol. The van der Waals surface area contributed by atoms with Crippen LogP contribution < -0.4 is 0 Å². The van der Waals surface area contributed by atoms with Gasteiger partial charge < -0.3 is 9.16 Å². The number of imide groups is 1. The first-order chi connectivity index (χ1) is 11.7. The van der Waals surface area contributed by atoms with E-state index in [0.29, 0.717) is 11.8 Å². The van der Waals surface area contributed by atoms with Crippen LogP contribution in [0.25, 0.3) is 0 Å². The quantitative estimate of drug-likeness (QED) is 0.453. The van der Waals surface area contributed by atoms with Gasteiger partial charge in [0, 0.05) is 6.92 Å². The third-order valence-corrected chi connectivity index (χ3v) is 11.2. The van der Waals surface area contributed by atoms with Gasteiger partial charge in [0.2, 0.25) is 8.32 Å². The molecule has 0 aromatic carbocycles. The molecule has 1 rings (SSSR count).